The van der Waals surface area contributed by atoms with Crippen molar-refractivity contribution >= 4 is 32.3 Å². The van der Waals surface area contributed by atoms with Crippen LogP contribution in [0.1, 0.15) is 0 Å². The van der Waals surface area contributed by atoms with E-state index in [-0.39, 0.29) is 17.4 Å². The maximum Gasteiger partial charge on any atom is 2.00 e. The van der Waals surface area contributed by atoms with Crippen molar-refractivity contribution in [2.75, 3.05) is 0 Å². The summed E-state index contributed by atoms with van der Waals surface area (Å²) < 4.78 is 0. The summed E-state index contributed by atoms with van der Waals surface area (Å²) in [4.78, 5) is 0. The molecule has 0 fully saturated rings. The predicted molar refractivity (Wildman–Crippen MR) is 120 cm³/mol. The van der Waals surface area contributed by atoms with Gasteiger partial charge in [-0.25, -0.2) is 35.6 Å². The average Bonchev–Trinajstić information content (AvgIpc) is 2.08. The molecule has 0 atom stereocenters. The summed E-state index contributed by atoms with van der Waals surface area (Å²) in [7, 11) is -3.79. The van der Waals surface area contributed by atoms with Gasteiger partial charge in [0.15, 0.2) is 0 Å². The summed E-state index contributed by atoms with van der Waals surface area (Å²) in [5, 5.41) is 0. The van der Waals surface area contributed by atoms with Gasteiger partial charge in [-0.1, -0.05) is 78.6 Å². The molecule has 0 aliphatic rings. The Morgan fingerprint density at radius 3 is 0.826 bits per heavy atom. The van der Waals surface area contributed by atoms with E-state index in [9.17, 15) is 0 Å². The number of rotatable bonds is 6. The number of allylic oxidation sites excluding steroid dienone is 2. The monoisotopic (exact) mass is 422 g/mol. The van der Waals surface area contributed by atoms with Gasteiger partial charge in [-0.2, -0.15) is 0 Å². The normalized spacial score (nSPS) is 13.4. The molecule has 0 radical (unpaired) electrons. The van der Waals surface area contributed by atoms with Crippen molar-refractivity contribution in [2.24, 2.45) is 0 Å². The molecule has 0 saturated carbocycles. The molecule has 5 heteroatoms. The second-order valence-electron chi connectivity index (χ2n) is 10.5. The molecule has 0 saturated heterocycles. The molecule has 0 nitrogen and oxygen atoms in total. The van der Waals surface area contributed by atoms with Crippen molar-refractivity contribution in [3.8, 4) is 0 Å². The van der Waals surface area contributed by atoms with Gasteiger partial charge in [0.1, 0.15) is 0 Å². The first-order valence-corrected chi connectivity index (χ1v) is 22.8. The molecule has 0 aromatic rings. The van der Waals surface area contributed by atoms with Gasteiger partial charge in [-0.05, 0) is 32.3 Å². The molecule has 0 spiro atoms. The third-order valence-electron chi connectivity index (χ3n) is 2.38. The summed E-state index contributed by atoms with van der Waals surface area (Å²) in [6.07, 6.45) is 4.58. The average molecular weight is 423 g/mol. The molecule has 136 valence electrons. The summed E-state index contributed by atoms with van der Waals surface area (Å²) in [6, 6.07) is 4.82. The molecule has 0 rings (SSSR count). The van der Waals surface area contributed by atoms with Crippen molar-refractivity contribution < 1.29 is 17.4 Å². The topological polar surface area (TPSA) is 0 Å². The van der Waals surface area contributed by atoms with Crippen LogP contribution >= 0.6 is 0 Å². The second kappa shape index (κ2) is 11.3. The molecule has 0 unspecified atom stereocenters. The van der Waals surface area contributed by atoms with Gasteiger partial charge in [0.25, 0.3) is 0 Å². The van der Waals surface area contributed by atoms with Gasteiger partial charge >= 0.3 is 17.4 Å². The van der Waals surface area contributed by atoms with Crippen LogP contribution in [0.15, 0.2) is 23.6 Å². The van der Waals surface area contributed by atoms with Gasteiger partial charge in [-0.3, -0.25) is 0 Å². The van der Waals surface area contributed by atoms with Gasteiger partial charge in [0, 0.05) is 0 Å². The standard InChI is InChI=1S/2C9H21Si2.Cr/c2*1-10(2,3)8-7-9-11(4,5)6;/h2*7-9H,1-6H3;/q2*-1;+2. The first-order valence-electron chi connectivity index (χ1n) is 8.49. The Hall–Kier alpha value is 0.620. The minimum absolute atomic E-state index is 0. The Morgan fingerprint density at radius 2 is 0.696 bits per heavy atom. The fourth-order valence-electron chi connectivity index (χ4n) is 1.25. The van der Waals surface area contributed by atoms with E-state index in [2.05, 4.69) is 114 Å². The van der Waals surface area contributed by atoms with Crippen molar-refractivity contribution in [1.29, 1.82) is 0 Å². The summed E-state index contributed by atoms with van der Waals surface area (Å²) in [6.45, 7) is 28.4. The van der Waals surface area contributed by atoms with E-state index in [4.69, 9.17) is 0 Å². The molecule has 0 N–H and O–H groups in total. The van der Waals surface area contributed by atoms with E-state index in [1.807, 2.05) is 0 Å². The fourth-order valence-corrected chi connectivity index (χ4v) is 4.33. The molecule has 23 heavy (non-hydrogen) atoms. The first kappa shape index (κ1) is 28.4. The zero-order chi connectivity index (χ0) is 18.2. The zero-order valence-electron chi connectivity index (χ0n) is 17.9. The van der Waals surface area contributed by atoms with Gasteiger partial charge in [-0.15, -0.1) is 0 Å². The largest absolute Gasteiger partial charge is 2.00 e. The predicted octanol–water partition coefficient (Wildman–Crippen LogP) is 7.00. The zero-order valence-corrected chi connectivity index (χ0v) is 23.1. The van der Waals surface area contributed by atoms with Crippen LogP contribution in [0.25, 0.3) is 0 Å². The molecule has 0 bridgehead atoms. The van der Waals surface area contributed by atoms with Crippen molar-refractivity contribution in [1.82, 2.24) is 0 Å². The Kier molecular flexibility index (Phi) is 13.9. The number of hydrogen-bond donors (Lipinski definition) is 0. The Bertz CT molecular complexity index is 311. The van der Waals surface area contributed by atoms with Crippen LogP contribution in [0.4, 0.5) is 0 Å². The maximum atomic E-state index is 2.41. The maximum absolute atomic E-state index is 2.41. The second-order valence-corrected chi connectivity index (χ2v) is 30.8. The molecule has 0 aromatic heterocycles. The van der Waals surface area contributed by atoms with Crippen molar-refractivity contribution in [3.63, 3.8) is 0 Å². The van der Waals surface area contributed by atoms with E-state index in [0.717, 1.165) is 0 Å². The Labute approximate surface area is 163 Å². The van der Waals surface area contributed by atoms with Gasteiger partial charge in [0.05, 0.1) is 0 Å². The molecular weight excluding hydrogens is 381 g/mol. The minimum atomic E-state index is -0.947. The van der Waals surface area contributed by atoms with Crippen molar-refractivity contribution in [3.05, 3.63) is 35.6 Å². The third-order valence-corrected chi connectivity index (χ3v) is 7.15. The minimum Gasteiger partial charge on any atom is -0.235 e. The number of hydrogen-bond acceptors (Lipinski definition) is 0. The van der Waals surface area contributed by atoms with Crippen LogP contribution in [-0.2, 0) is 17.4 Å². The summed E-state index contributed by atoms with van der Waals surface area (Å²) >= 11 is 0. The van der Waals surface area contributed by atoms with E-state index in [0.29, 0.717) is 0 Å². The van der Waals surface area contributed by atoms with Gasteiger partial charge in [0.2, 0.25) is 0 Å². The molecular formula is C18H42CrSi4. The first-order chi connectivity index (χ1) is 9.41. The SMILES string of the molecule is C[Si](C)(C)C=C[CH-][Si](C)(C)C.C[Si](C)(C)C=C[CH-][Si](C)(C)C.[Cr+2]. The van der Waals surface area contributed by atoms with Crippen molar-refractivity contribution in [2.45, 2.75) is 78.6 Å². The van der Waals surface area contributed by atoms with Crippen LogP contribution in [0, 0.1) is 12.1 Å². The Morgan fingerprint density at radius 1 is 0.478 bits per heavy atom. The molecule has 0 aromatic carbocycles. The van der Waals surface area contributed by atoms with Crippen LogP contribution in [-0.4, -0.2) is 32.3 Å². The van der Waals surface area contributed by atoms with E-state index < -0.39 is 32.3 Å². The van der Waals surface area contributed by atoms with Crippen LogP contribution in [0.5, 0.6) is 0 Å². The third kappa shape index (κ3) is 34.8. The van der Waals surface area contributed by atoms with Gasteiger partial charge < -0.3 is 0 Å². The summed E-state index contributed by atoms with van der Waals surface area (Å²) in [5.41, 5.74) is 4.82. The molecule has 0 aliphatic carbocycles. The smallest absolute Gasteiger partial charge is 0.235 e. The molecule has 0 aliphatic heterocycles. The molecule has 0 amide bonds. The quantitative estimate of drug-likeness (QED) is 0.319. The Balaban J connectivity index is -0.000000333. The van der Waals surface area contributed by atoms with Crippen LogP contribution in [0.2, 0.25) is 78.6 Å². The van der Waals surface area contributed by atoms with Crippen LogP contribution in [0.3, 0.4) is 0 Å². The van der Waals surface area contributed by atoms with E-state index >= 15 is 0 Å². The van der Waals surface area contributed by atoms with Crippen LogP contribution < -0.4 is 0 Å². The fraction of sp³-hybridized carbons (Fsp3) is 0.667. The van der Waals surface area contributed by atoms with E-state index in [1.54, 1.807) is 0 Å². The molecule has 0 heterocycles. The summed E-state index contributed by atoms with van der Waals surface area (Å²) in [5.74, 6) is 0. The van der Waals surface area contributed by atoms with E-state index in [1.165, 1.54) is 0 Å².